The highest BCUT2D eigenvalue weighted by atomic mass is 79.9. The van der Waals surface area contributed by atoms with Crippen LogP contribution in [0.5, 0.6) is 0 Å². The first kappa shape index (κ1) is 10.6. The van der Waals surface area contributed by atoms with Gasteiger partial charge in [0.1, 0.15) is 0 Å². The molecule has 72 valence electrons. The molecule has 0 spiro atoms. The number of alkyl halides is 1. The maximum absolute atomic E-state index is 3.85. The molecule has 0 bridgehead atoms. The molecule has 0 aromatic carbocycles. The third kappa shape index (κ3) is 2.25. The van der Waals surface area contributed by atoms with Crippen LogP contribution < -0.4 is 0 Å². The minimum Gasteiger partial charge on any atom is -0.0885 e. The lowest BCUT2D eigenvalue weighted by Crippen LogP contribution is -2.33. The molecule has 1 saturated carbocycles. The summed E-state index contributed by atoms with van der Waals surface area (Å²) in [5.41, 5.74) is 0. The molecule has 4 atom stereocenters. The Balaban J connectivity index is 2.60. The summed E-state index contributed by atoms with van der Waals surface area (Å²) in [6.45, 7) is 9.47. The molecule has 0 radical (unpaired) electrons. The molecule has 0 aliphatic heterocycles. The minimum atomic E-state index is 0.758. The highest BCUT2D eigenvalue weighted by molar-refractivity contribution is 9.09. The van der Waals surface area contributed by atoms with E-state index in [-0.39, 0.29) is 0 Å². The first-order chi connectivity index (χ1) is 5.52. The highest BCUT2D eigenvalue weighted by Crippen LogP contribution is 2.40. The fourth-order valence-electron chi connectivity index (χ4n) is 2.52. The molecular formula is C11H21Br. The van der Waals surface area contributed by atoms with E-state index in [2.05, 4.69) is 43.6 Å². The molecule has 12 heavy (non-hydrogen) atoms. The molecule has 0 N–H and O–H groups in total. The molecule has 1 rings (SSSR count). The summed E-state index contributed by atoms with van der Waals surface area (Å²) in [6, 6.07) is 0. The maximum Gasteiger partial charge on any atom is 0.0202 e. The van der Waals surface area contributed by atoms with Gasteiger partial charge in [0.2, 0.25) is 0 Å². The van der Waals surface area contributed by atoms with Crippen molar-refractivity contribution in [2.24, 2.45) is 23.7 Å². The van der Waals surface area contributed by atoms with Gasteiger partial charge < -0.3 is 0 Å². The second kappa shape index (κ2) is 4.13. The van der Waals surface area contributed by atoms with E-state index >= 15 is 0 Å². The van der Waals surface area contributed by atoms with Gasteiger partial charge in [-0.15, -0.1) is 0 Å². The van der Waals surface area contributed by atoms with Gasteiger partial charge in [0, 0.05) is 4.83 Å². The van der Waals surface area contributed by atoms with Crippen LogP contribution in [-0.2, 0) is 0 Å². The lowest BCUT2D eigenvalue weighted by molar-refractivity contribution is 0.190. The van der Waals surface area contributed by atoms with Crippen LogP contribution >= 0.6 is 15.9 Å². The molecule has 1 fully saturated rings. The van der Waals surface area contributed by atoms with Crippen LogP contribution in [0.2, 0.25) is 0 Å². The molecular weight excluding hydrogens is 212 g/mol. The van der Waals surface area contributed by atoms with Gasteiger partial charge in [-0.25, -0.2) is 0 Å². The molecule has 1 aliphatic carbocycles. The Morgan fingerprint density at radius 3 is 2.25 bits per heavy atom. The van der Waals surface area contributed by atoms with Crippen molar-refractivity contribution in [2.75, 3.05) is 0 Å². The summed E-state index contributed by atoms with van der Waals surface area (Å²) in [7, 11) is 0. The predicted octanol–water partition coefficient (Wildman–Crippen LogP) is 4.09. The molecule has 0 amide bonds. The van der Waals surface area contributed by atoms with E-state index in [9.17, 15) is 0 Å². The molecule has 4 unspecified atom stereocenters. The second-order valence-electron chi connectivity index (χ2n) is 4.91. The molecule has 1 heteroatoms. The Kier molecular flexibility index (Phi) is 3.63. The van der Waals surface area contributed by atoms with Crippen molar-refractivity contribution in [2.45, 2.75) is 45.4 Å². The van der Waals surface area contributed by atoms with Crippen LogP contribution in [0.4, 0.5) is 0 Å². The normalized spacial score (nSPS) is 43.5. The van der Waals surface area contributed by atoms with E-state index in [0.717, 1.165) is 28.5 Å². The van der Waals surface area contributed by atoms with Crippen molar-refractivity contribution in [1.29, 1.82) is 0 Å². The number of halogens is 1. The van der Waals surface area contributed by atoms with Gasteiger partial charge in [-0.1, -0.05) is 43.6 Å². The minimum absolute atomic E-state index is 0.758. The Bertz CT molecular complexity index is 142. The van der Waals surface area contributed by atoms with Crippen molar-refractivity contribution < 1.29 is 0 Å². The van der Waals surface area contributed by atoms with Gasteiger partial charge in [0.25, 0.3) is 0 Å². The molecule has 0 saturated heterocycles. The number of hydrogen-bond acceptors (Lipinski definition) is 0. The van der Waals surface area contributed by atoms with E-state index in [0.29, 0.717) is 0 Å². The zero-order valence-corrected chi connectivity index (χ0v) is 10.3. The summed E-state index contributed by atoms with van der Waals surface area (Å²) in [5, 5.41) is 0. The fourth-order valence-corrected chi connectivity index (χ4v) is 3.56. The average molecular weight is 233 g/mol. The summed E-state index contributed by atoms with van der Waals surface area (Å²) >= 11 is 3.85. The van der Waals surface area contributed by atoms with E-state index < -0.39 is 0 Å². The van der Waals surface area contributed by atoms with Crippen LogP contribution in [-0.4, -0.2) is 4.83 Å². The van der Waals surface area contributed by atoms with Crippen molar-refractivity contribution in [3.8, 4) is 0 Å². The molecule has 0 heterocycles. The Hall–Kier alpha value is 0.480. The summed E-state index contributed by atoms with van der Waals surface area (Å²) < 4.78 is 0. The van der Waals surface area contributed by atoms with E-state index in [1.165, 1.54) is 12.8 Å². The maximum atomic E-state index is 3.85. The predicted molar refractivity (Wildman–Crippen MR) is 58.6 cm³/mol. The average Bonchev–Trinajstić information content (AvgIpc) is 1.96. The summed E-state index contributed by atoms with van der Waals surface area (Å²) in [4.78, 5) is 0.758. The van der Waals surface area contributed by atoms with Crippen LogP contribution in [0.15, 0.2) is 0 Å². The summed E-state index contributed by atoms with van der Waals surface area (Å²) in [6.07, 6.45) is 2.82. The van der Waals surface area contributed by atoms with E-state index in [1.54, 1.807) is 0 Å². The van der Waals surface area contributed by atoms with Crippen molar-refractivity contribution in [1.82, 2.24) is 0 Å². The molecule has 0 nitrogen and oxygen atoms in total. The summed E-state index contributed by atoms with van der Waals surface area (Å²) in [5.74, 6) is 3.52. The number of rotatable bonds is 1. The fraction of sp³-hybridized carbons (Fsp3) is 1.00. The zero-order valence-electron chi connectivity index (χ0n) is 8.68. The smallest absolute Gasteiger partial charge is 0.0202 e. The van der Waals surface area contributed by atoms with Crippen LogP contribution in [0.25, 0.3) is 0 Å². The van der Waals surface area contributed by atoms with Gasteiger partial charge >= 0.3 is 0 Å². The lowest BCUT2D eigenvalue weighted by Gasteiger charge is -2.38. The van der Waals surface area contributed by atoms with Gasteiger partial charge in [-0.3, -0.25) is 0 Å². The Labute approximate surface area is 85.3 Å². The van der Waals surface area contributed by atoms with Gasteiger partial charge in [0.15, 0.2) is 0 Å². The van der Waals surface area contributed by atoms with Crippen LogP contribution in [0.1, 0.15) is 40.5 Å². The Morgan fingerprint density at radius 1 is 1.17 bits per heavy atom. The standard InChI is InChI=1S/C11H21Br/c1-7(2)10-6-8(3)5-9(4)11(10)12/h7-11H,5-6H2,1-4H3. The lowest BCUT2D eigenvalue weighted by atomic mass is 9.72. The first-order valence-electron chi connectivity index (χ1n) is 5.16. The largest absolute Gasteiger partial charge is 0.0885 e. The zero-order chi connectivity index (χ0) is 9.30. The van der Waals surface area contributed by atoms with Gasteiger partial charge in [0.05, 0.1) is 0 Å². The van der Waals surface area contributed by atoms with E-state index in [4.69, 9.17) is 0 Å². The van der Waals surface area contributed by atoms with Crippen LogP contribution in [0.3, 0.4) is 0 Å². The molecule has 1 aliphatic rings. The van der Waals surface area contributed by atoms with Gasteiger partial charge in [-0.2, -0.15) is 0 Å². The third-order valence-corrected chi connectivity index (χ3v) is 4.84. The van der Waals surface area contributed by atoms with Crippen molar-refractivity contribution >= 4 is 15.9 Å². The highest BCUT2D eigenvalue weighted by Gasteiger charge is 2.33. The van der Waals surface area contributed by atoms with Gasteiger partial charge in [-0.05, 0) is 36.5 Å². The van der Waals surface area contributed by atoms with Crippen LogP contribution in [0, 0.1) is 23.7 Å². The SMILES string of the molecule is CC1CC(C)C(Br)C(C(C)C)C1. The van der Waals surface area contributed by atoms with E-state index in [1.807, 2.05) is 0 Å². The first-order valence-corrected chi connectivity index (χ1v) is 6.08. The monoisotopic (exact) mass is 232 g/mol. The van der Waals surface area contributed by atoms with Crippen molar-refractivity contribution in [3.63, 3.8) is 0 Å². The Morgan fingerprint density at radius 2 is 1.75 bits per heavy atom. The molecule has 0 aromatic heterocycles. The van der Waals surface area contributed by atoms with Crippen molar-refractivity contribution in [3.05, 3.63) is 0 Å². The third-order valence-electron chi connectivity index (χ3n) is 3.26. The second-order valence-corrected chi connectivity index (χ2v) is 5.96. The topological polar surface area (TPSA) is 0 Å². The quantitative estimate of drug-likeness (QED) is 0.598. The molecule has 0 aromatic rings. The number of hydrogen-bond donors (Lipinski definition) is 0.